The summed E-state index contributed by atoms with van der Waals surface area (Å²) in [6, 6.07) is 13.5. The number of hydrogen-bond acceptors (Lipinski definition) is 1. The topological polar surface area (TPSA) is 15.3 Å². The maximum Gasteiger partial charge on any atom is 0.173 e. The Morgan fingerprint density at radius 2 is 1.87 bits per heavy atom. The van der Waals surface area contributed by atoms with Gasteiger partial charge in [0.1, 0.15) is 5.82 Å². The van der Waals surface area contributed by atoms with Crippen LogP contribution in [-0.4, -0.2) is 16.1 Å². The van der Waals surface area contributed by atoms with Gasteiger partial charge in [-0.3, -0.25) is 0 Å². The van der Waals surface area contributed by atoms with Crippen LogP contribution >= 0.6 is 12.2 Å². The second-order valence-electron chi connectivity index (χ2n) is 6.23. The predicted molar refractivity (Wildman–Crippen MR) is 97.1 cm³/mol. The van der Waals surface area contributed by atoms with Gasteiger partial charge in [-0.1, -0.05) is 24.3 Å². The molecule has 2 nitrogen and oxygen atoms in total. The lowest BCUT2D eigenvalue weighted by atomic mass is 10.1. The average Bonchev–Trinajstić information content (AvgIpc) is 3.35. The second-order valence-corrected chi connectivity index (χ2v) is 6.62. The molecule has 2 aromatic rings. The first-order valence-corrected chi connectivity index (χ1v) is 8.33. The van der Waals surface area contributed by atoms with Crippen LogP contribution in [0, 0.1) is 19.7 Å². The standard InChI is InChI=1S/C19H21FN2S/c1-13-3-4-14(2)18(11-13)21-19(23)22(17-9-10-17)12-15-5-7-16(20)8-6-15/h3-8,11,17H,9-10,12H2,1-2H3,(H,21,23). The molecule has 0 amide bonds. The van der Waals surface area contributed by atoms with E-state index in [-0.39, 0.29) is 5.82 Å². The van der Waals surface area contributed by atoms with Crippen LogP contribution in [0.25, 0.3) is 0 Å². The van der Waals surface area contributed by atoms with Crippen LogP contribution < -0.4 is 5.32 Å². The Hall–Kier alpha value is -1.94. The number of benzene rings is 2. The van der Waals surface area contributed by atoms with E-state index in [1.807, 2.05) is 12.1 Å². The van der Waals surface area contributed by atoms with Crippen LogP contribution in [0.2, 0.25) is 0 Å². The van der Waals surface area contributed by atoms with Crippen molar-refractivity contribution in [3.63, 3.8) is 0 Å². The van der Waals surface area contributed by atoms with Gasteiger partial charge in [-0.15, -0.1) is 0 Å². The summed E-state index contributed by atoms with van der Waals surface area (Å²) in [5.74, 6) is -0.206. The van der Waals surface area contributed by atoms with Gasteiger partial charge < -0.3 is 10.2 Å². The molecule has 0 radical (unpaired) electrons. The fraction of sp³-hybridized carbons (Fsp3) is 0.316. The molecule has 1 saturated carbocycles. The van der Waals surface area contributed by atoms with E-state index in [0.29, 0.717) is 12.6 Å². The first kappa shape index (κ1) is 15.9. The highest BCUT2D eigenvalue weighted by molar-refractivity contribution is 7.80. The normalized spacial score (nSPS) is 13.7. The summed E-state index contributed by atoms with van der Waals surface area (Å²) in [7, 11) is 0. The van der Waals surface area contributed by atoms with Crippen LogP contribution in [0.3, 0.4) is 0 Å². The van der Waals surface area contributed by atoms with Gasteiger partial charge >= 0.3 is 0 Å². The van der Waals surface area contributed by atoms with Crippen LogP contribution in [0.1, 0.15) is 29.5 Å². The van der Waals surface area contributed by atoms with Gasteiger partial charge in [0.05, 0.1) is 0 Å². The number of hydrogen-bond donors (Lipinski definition) is 1. The quantitative estimate of drug-likeness (QED) is 0.811. The summed E-state index contributed by atoms with van der Waals surface area (Å²) in [5.41, 5.74) is 4.51. The zero-order valence-corrected chi connectivity index (χ0v) is 14.3. The van der Waals surface area contributed by atoms with E-state index in [1.165, 1.54) is 23.3 Å². The summed E-state index contributed by atoms with van der Waals surface area (Å²) >= 11 is 5.64. The average molecular weight is 328 g/mol. The van der Waals surface area contributed by atoms with E-state index < -0.39 is 0 Å². The molecule has 0 atom stereocenters. The van der Waals surface area contributed by atoms with Gasteiger partial charge in [-0.05, 0) is 73.8 Å². The number of thiocarbonyl (C=S) groups is 1. The maximum absolute atomic E-state index is 13.1. The van der Waals surface area contributed by atoms with Gasteiger partial charge in [-0.2, -0.15) is 0 Å². The lowest BCUT2D eigenvalue weighted by Crippen LogP contribution is -2.36. The van der Waals surface area contributed by atoms with Gasteiger partial charge in [-0.25, -0.2) is 4.39 Å². The smallest absolute Gasteiger partial charge is 0.173 e. The van der Waals surface area contributed by atoms with Crippen molar-refractivity contribution >= 4 is 23.0 Å². The molecular weight excluding hydrogens is 307 g/mol. The second kappa shape index (κ2) is 6.67. The van der Waals surface area contributed by atoms with Crippen LogP contribution in [0.4, 0.5) is 10.1 Å². The van der Waals surface area contributed by atoms with Crippen molar-refractivity contribution in [2.45, 2.75) is 39.3 Å². The molecule has 120 valence electrons. The van der Waals surface area contributed by atoms with Crippen molar-refractivity contribution in [1.82, 2.24) is 4.90 Å². The van der Waals surface area contributed by atoms with E-state index in [1.54, 1.807) is 0 Å². The molecule has 4 heteroatoms. The van der Waals surface area contributed by atoms with E-state index >= 15 is 0 Å². The Balaban J connectivity index is 1.74. The number of nitrogens with zero attached hydrogens (tertiary/aromatic N) is 1. The molecule has 1 aliphatic carbocycles. The van der Waals surface area contributed by atoms with Crippen molar-refractivity contribution in [1.29, 1.82) is 0 Å². The van der Waals surface area contributed by atoms with Crippen molar-refractivity contribution in [3.05, 3.63) is 65.0 Å². The van der Waals surface area contributed by atoms with Crippen molar-refractivity contribution in [2.24, 2.45) is 0 Å². The lowest BCUT2D eigenvalue weighted by Gasteiger charge is -2.26. The van der Waals surface area contributed by atoms with Gasteiger partial charge in [0.25, 0.3) is 0 Å². The molecule has 0 bridgehead atoms. The maximum atomic E-state index is 13.1. The Labute approximate surface area is 142 Å². The summed E-state index contributed by atoms with van der Waals surface area (Å²) in [6.45, 7) is 4.86. The molecule has 0 aliphatic heterocycles. The summed E-state index contributed by atoms with van der Waals surface area (Å²) in [4.78, 5) is 2.21. The number of rotatable bonds is 4. The SMILES string of the molecule is Cc1ccc(C)c(NC(=S)N(Cc2ccc(F)cc2)C2CC2)c1. The van der Waals surface area contributed by atoms with Gasteiger partial charge in [0.15, 0.2) is 5.11 Å². The monoisotopic (exact) mass is 328 g/mol. The van der Waals surface area contributed by atoms with Crippen molar-refractivity contribution in [2.75, 3.05) is 5.32 Å². The van der Waals surface area contributed by atoms with E-state index in [4.69, 9.17) is 12.2 Å². The third-order valence-electron chi connectivity index (χ3n) is 4.15. The molecule has 3 rings (SSSR count). The van der Waals surface area contributed by atoms with Gasteiger partial charge in [0.2, 0.25) is 0 Å². The Morgan fingerprint density at radius 1 is 1.17 bits per heavy atom. The summed E-state index contributed by atoms with van der Waals surface area (Å²) in [6.07, 6.45) is 2.33. The highest BCUT2D eigenvalue weighted by Crippen LogP contribution is 2.29. The molecule has 1 fully saturated rings. The minimum Gasteiger partial charge on any atom is -0.342 e. The highest BCUT2D eigenvalue weighted by Gasteiger charge is 2.31. The van der Waals surface area contributed by atoms with Crippen molar-refractivity contribution < 1.29 is 4.39 Å². The van der Waals surface area contributed by atoms with E-state index in [9.17, 15) is 4.39 Å². The van der Waals surface area contributed by atoms with Crippen molar-refractivity contribution in [3.8, 4) is 0 Å². The lowest BCUT2D eigenvalue weighted by molar-refractivity contribution is 0.409. The highest BCUT2D eigenvalue weighted by atomic mass is 32.1. The van der Waals surface area contributed by atoms with Gasteiger partial charge in [0, 0.05) is 18.3 Å². The number of aryl methyl sites for hydroxylation is 2. The molecule has 0 saturated heterocycles. The molecule has 23 heavy (non-hydrogen) atoms. The molecule has 2 aromatic carbocycles. The molecule has 0 heterocycles. The van der Waals surface area contributed by atoms with Crippen LogP contribution in [-0.2, 0) is 6.54 Å². The first-order chi connectivity index (χ1) is 11.0. The molecule has 0 unspecified atom stereocenters. The number of anilines is 1. The number of nitrogens with one attached hydrogen (secondary N) is 1. The fourth-order valence-electron chi connectivity index (χ4n) is 2.60. The van der Waals surface area contributed by atoms with E-state index in [0.717, 1.165) is 29.2 Å². The third kappa shape index (κ3) is 4.08. The predicted octanol–water partition coefficient (Wildman–Crippen LogP) is 4.80. The minimum absolute atomic E-state index is 0.206. The Kier molecular flexibility index (Phi) is 4.62. The summed E-state index contributed by atoms with van der Waals surface area (Å²) < 4.78 is 13.1. The fourth-order valence-corrected chi connectivity index (χ4v) is 2.92. The molecular formula is C19H21FN2S. The molecule has 1 aliphatic rings. The zero-order chi connectivity index (χ0) is 16.4. The van der Waals surface area contributed by atoms with E-state index in [2.05, 4.69) is 42.3 Å². The zero-order valence-electron chi connectivity index (χ0n) is 13.5. The largest absolute Gasteiger partial charge is 0.342 e. The van der Waals surface area contributed by atoms with Crippen LogP contribution in [0.5, 0.6) is 0 Å². The Morgan fingerprint density at radius 3 is 2.52 bits per heavy atom. The number of halogens is 1. The third-order valence-corrected chi connectivity index (χ3v) is 4.49. The molecule has 0 aromatic heterocycles. The summed E-state index contributed by atoms with van der Waals surface area (Å²) in [5, 5.41) is 4.13. The molecule has 0 spiro atoms. The Bertz CT molecular complexity index is 708. The molecule has 1 N–H and O–H groups in total. The first-order valence-electron chi connectivity index (χ1n) is 7.92. The minimum atomic E-state index is -0.206. The van der Waals surface area contributed by atoms with Crippen LogP contribution in [0.15, 0.2) is 42.5 Å².